The molecule has 114 valence electrons. The van der Waals surface area contributed by atoms with Crippen LogP contribution in [0, 0.1) is 6.92 Å². The predicted molar refractivity (Wildman–Crippen MR) is 81.5 cm³/mol. The highest BCUT2D eigenvalue weighted by Gasteiger charge is 2.13. The molecule has 0 fully saturated rings. The Morgan fingerprint density at radius 3 is 2.64 bits per heavy atom. The van der Waals surface area contributed by atoms with Gasteiger partial charge in [-0.1, -0.05) is 0 Å². The van der Waals surface area contributed by atoms with Gasteiger partial charge in [-0.15, -0.1) is 0 Å². The standard InChI is InChI=1S/C15H15N3O4/c1-9-13(14(19)18(3)15(20)17(9)2)16-7-10-4-5-11-12(6-10)22-8-21-11/h4-7H,8H2,1-3H3. The predicted octanol–water partition coefficient (Wildman–Crippen LogP) is 0.872. The van der Waals surface area contributed by atoms with Gasteiger partial charge >= 0.3 is 5.69 Å². The van der Waals surface area contributed by atoms with Gasteiger partial charge in [-0.05, 0) is 30.7 Å². The average Bonchev–Trinajstić information content (AvgIpc) is 2.98. The van der Waals surface area contributed by atoms with E-state index < -0.39 is 5.56 Å². The van der Waals surface area contributed by atoms with Crippen LogP contribution in [0.2, 0.25) is 0 Å². The molecule has 0 amide bonds. The summed E-state index contributed by atoms with van der Waals surface area (Å²) in [5, 5.41) is 0. The van der Waals surface area contributed by atoms with Crippen molar-refractivity contribution in [3.8, 4) is 11.5 Å². The van der Waals surface area contributed by atoms with Crippen LogP contribution in [0.3, 0.4) is 0 Å². The normalized spacial score (nSPS) is 13.0. The molecule has 0 spiro atoms. The first kappa shape index (κ1) is 14.1. The minimum absolute atomic E-state index is 0.205. The molecule has 3 rings (SSSR count). The minimum Gasteiger partial charge on any atom is -0.454 e. The first-order chi connectivity index (χ1) is 10.5. The maximum Gasteiger partial charge on any atom is 0.330 e. The smallest absolute Gasteiger partial charge is 0.330 e. The van der Waals surface area contributed by atoms with E-state index in [1.54, 1.807) is 32.3 Å². The van der Waals surface area contributed by atoms with Crippen molar-refractivity contribution >= 4 is 11.9 Å². The van der Waals surface area contributed by atoms with Crippen molar-refractivity contribution in [3.63, 3.8) is 0 Å². The summed E-state index contributed by atoms with van der Waals surface area (Å²) < 4.78 is 13.0. The topological polar surface area (TPSA) is 74.8 Å². The summed E-state index contributed by atoms with van der Waals surface area (Å²) in [6, 6.07) is 5.39. The zero-order chi connectivity index (χ0) is 15.9. The summed E-state index contributed by atoms with van der Waals surface area (Å²) in [5.74, 6) is 1.33. The molecule has 0 saturated heterocycles. The van der Waals surface area contributed by atoms with E-state index in [-0.39, 0.29) is 18.2 Å². The molecule has 7 nitrogen and oxygen atoms in total. The number of aliphatic imine (C=N–C) groups is 1. The third-order valence-electron chi connectivity index (χ3n) is 3.67. The Kier molecular flexibility index (Phi) is 3.32. The molecule has 2 heterocycles. The molecule has 0 aliphatic carbocycles. The fourth-order valence-corrected chi connectivity index (χ4v) is 2.21. The van der Waals surface area contributed by atoms with Gasteiger partial charge in [-0.3, -0.25) is 13.9 Å². The second-order valence-electron chi connectivity index (χ2n) is 5.01. The quantitative estimate of drug-likeness (QED) is 0.771. The largest absolute Gasteiger partial charge is 0.454 e. The van der Waals surface area contributed by atoms with Gasteiger partial charge in [0.2, 0.25) is 6.79 Å². The maximum atomic E-state index is 12.2. The highest BCUT2D eigenvalue weighted by Crippen LogP contribution is 2.32. The third kappa shape index (κ3) is 2.20. The minimum atomic E-state index is -0.419. The highest BCUT2D eigenvalue weighted by atomic mass is 16.7. The van der Waals surface area contributed by atoms with Crippen LogP contribution in [-0.2, 0) is 14.1 Å². The Balaban J connectivity index is 2.03. The zero-order valence-electron chi connectivity index (χ0n) is 12.5. The number of aromatic nitrogens is 2. The van der Waals surface area contributed by atoms with Crippen LogP contribution >= 0.6 is 0 Å². The van der Waals surface area contributed by atoms with Crippen LogP contribution < -0.4 is 20.7 Å². The van der Waals surface area contributed by atoms with Crippen LogP contribution in [-0.4, -0.2) is 22.1 Å². The van der Waals surface area contributed by atoms with Crippen molar-refractivity contribution in [1.29, 1.82) is 0 Å². The second-order valence-corrected chi connectivity index (χ2v) is 5.01. The molecule has 0 bridgehead atoms. The lowest BCUT2D eigenvalue weighted by atomic mass is 10.2. The number of nitrogens with zero attached hydrogens (tertiary/aromatic N) is 3. The lowest BCUT2D eigenvalue weighted by Crippen LogP contribution is -2.37. The summed E-state index contributed by atoms with van der Waals surface area (Å²) >= 11 is 0. The number of fused-ring (bicyclic) bond motifs is 1. The molecule has 1 aromatic heterocycles. The summed E-state index contributed by atoms with van der Waals surface area (Å²) in [4.78, 5) is 28.2. The van der Waals surface area contributed by atoms with E-state index in [1.165, 1.54) is 11.6 Å². The zero-order valence-corrected chi connectivity index (χ0v) is 12.5. The second kappa shape index (κ2) is 5.18. The molecular weight excluding hydrogens is 286 g/mol. The third-order valence-corrected chi connectivity index (χ3v) is 3.67. The van der Waals surface area contributed by atoms with E-state index in [2.05, 4.69) is 4.99 Å². The summed E-state index contributed by atoms with van der Waals surface area (Å²) in [6.45, 7) is 1.89. The van der Waals surface area contributed by atoms with E-state index >= 15 is 0 Å². The van der Waals surface area contributed by atoms with E-state index in [4.69, 9.17) is 9.47 Å². The van der Waals surface area contributed by atoms with Crippen molar-refractivity contribution in [3.05, 3.63) is 50.3 Å². The molecule has 0 atom stereocenters. The van der Waals surface area contributed by atoms with Gasteiger partial charge in [0.05, 0.1) is 5.69 Å². The number of benzene rings is 1. The van der Waals surface area contributed by atoms with Gasteiger partial charge in [0.1, 0.15) is 5.69 Å². The number of hydrogen-bond acceptors (Lipinski definition) is 5. The fraction of sp³-hybridized carbons (Fsp3) is 0.267. The molecule has 0 radical (unpaired) electrons. The van der Waals surface area contributed by atoms with E-state index in [0.717, 1.165) is 10.1 Å². The van der Waals surface area contributed by atoms with Crippen LogP contribution in [0.5, 0.6) is 11.5 Å². The number of ether oxygens (including phenoxy) is 2. The Labute approximate surface area is 126 Å². The monoisotopic (exact) mass is 301 g/mol. The maximum absolute atomic E-state index is 12.2. The average molecular weight is 301 g/mol. The van der Waals surface area contributed by atoms with Crippen molar-refractivity contribution in [2.75, 3.05) is 6.79 Å². The summed E-state index contributed by atoms with van der Waals surface area (Å²) in [6.07, 6.45) is 1.57. The van der Waals surface area contributed by atoms with Gasteiger partial charge in [0.15, 0.2) is 11.5 Å². The van der Waals surface area contributed by atoms with E-state index in [1.807, 2.05) is 6.07 Å². The Morgan fingerprint density at radius 2 is 1.86 bits per heavy atom. The molecule has 0 N–H and O–H groups in total. The van der Waals surface area contributed by atoms with Crippen LogP contribution in [0.15, 0.2) is 32.8 Å². The van der Waals surface area contributed by atoms with Crippen LogP contribution in [0.1, 0.15) is 11.3 Å². The van der Waals surface area contributed by atoms with Gasteiger partial charge < -0.3 is 9.47 Å². The number of rotatable bonds is 2. The van der Waals surface area contributed by atoms with Gasteiger partial charge in [-0.2, -0.15) is 0 Å². The molecule has 7 heteroatoms. The van der Waals surface area contributed by atoms with Crippen molar-refractivity contribution in [2.45, 2.75) is 6.92 Å². The van der Waals surface area contributed by atoms with Gasteiger partial charge in [0.25, 0.3) is 5.56 Å². The Hall–Kier alpha value is -2.83. The Bertz CT molecular complexity index is 893. The van der Waals surface area contributed by atoms with Gasteiger partial charge in [-0.25, -0.2) is 9.79 Å². The lowest BCUT2D eigenvalue weighted by Gasteiger charge is -2.08. The van der Waals surface area contributed by atoms with Crippen molar-refractivity contribution in [1.82, 2.24) is 9.13 Å². The first-order valence-corrected chi connectivity index (χ1v) is 6.69. The lowest BCUT2D eigenvalue weighted by molar-refractivity contribution is 0.174. The molecule has 0 unspecified atom stereocenters. The highest BCUT2D eigenvalue weighted by molar-refractivity contribution is 5.83. The molecule has 1 aliphatic rings. The van der Waals surface area contributed by atoms with Crippen LogP contribution in [0.25, 0.3) is 0 Å². The fourth-order valence-electron chi connectivity index (χ4n) is 2.21. The molecule has 1 aromatic carbocycles. The van der Waals surface area contributed by atoms with E-state index in [9.17, 15) is 9.59 Å². The number of hydrogen-bond donors (Lipinski definition) is 0. The molecular formula is C15H15N3O4. The Morgan fingerprint density at radius 1 is 1.14 bits per heavy atom. The SMILES string of the molecule is Cc1c(N=Cc2ccc3c(c2)OCO3)c(=O)n(C)c(=O)n1C. The van der Waals surface area contributed by atoms with Gasteiger partial charge in [0, 0.05) is 20.3 Å². The molecule has 2 aromatic rings. The summed E-state index contributed by atoms with van der Waals surface area (Å²) in [5.41, 5.74) is 0.744. The molecule has 22 heavy (non-hydrogen) atoms. The van der Waals surface area contributed by atoms with E-state index in [0.29, 0.717) is 17.2 Å². The van der Waals surface area contributed by atoms with Crippen molar-refractivity contribution < 1.29 is 9.47 Å². The van der Waals surface area contributed by atoms with Crippen LogP contribution in [0.4, 0.5) is 5.69 Å². The molecule has 0 saturated carbocycles. The first-order valence-electron chi connectivity index (χ1n) is 6.69. The molecule has 1 aliphatic heterocycles. The summed E-state index contributed by atoms with van der Waals surface area (Å²) in [7, 11) is 3.04. The van der Waals surface area contributed by atoms with Crippen molar-refractivity contribution in [2.24, 2.45) is 19.1 Å².